The van der Waals surface area contributed by atoms with Crippen molar-refractivity contribution in [3.8, 4) is 0 Å². The van der Waals surface area contributed by atoms with Crippen LogP contribution in [0, 0.1) is 0 Å². The molecular weight excluding hydrogens is 166 g/mol. The summed E-state index contributed by atoms with van der Waals surface area (Å²) in [5, 5.41) is 9.98. The van der Waals surface area contributed by atoms with Crippen molar-refractivity contribution in [2.45, 2.75) is 26.5 Å². The summed E-state index contributed by atoms with van der Waals surface area (Å²) in [7, 11) is 0. The normalized spacial score (nSPS) is 11.0. The molecule has 0 unspecified atom stereocenters. The SMILES string of the molecule is CC(C)OCCNCc1ccn[nH]1. The van der Waals surface area contributed by atoms with Crippen LogP contribution in [0.25, 0.3) is 0 Å². The largest absolute Gasteiger partial charge is 0.377 e. The standard InChI is InChI=1S/C9H17N3O/c1-8(2)13-6-5-10-7-9-3-4-11-12-9/h3-4,8,10H,5-7H2,1-2H3,(H,11,12). The number of aromatic amines is 1. The minimum Gasteiger partial charge on any atom is -0.377 e. The molecule has 13 heavy (non-hydrogen) atoms. The van der Waals surface area contributed by atoms with E-state index >= 15 is 0 Å². The monoisotopic (exact) mass is 183 g/mol. The third kappa shape index (κ3) is 4.65. The summed E-state index contributed by atoms with van der Waals surface area (Å²) in [6, 6.07) is 1.95. The summed E-state index contributed by atoms with van der Waals surface area (Å²) in [6.45, 7) is 6.52. The van der Waals surface area contributed by atoms with Crippen molar-refractivity contribution >= 4 is 0 Å². The Morgan fingerprint density at radius 2 is 2.46 bits per heavy atom. The number of H-pyrrole nitrogens is 1. The average molecular weight is 183 g/mol. The van der Waals surface area contributed by atoms with Crippen molar-refractivity contribution in [2.24, 2.45) is 0 Å². The van der Waals surface area contributed by atoms with Crippen molar-refractivity contribution in [3.05, 3.63) is 18.0 Å². The van der Waals surface area contributed by atoms with Crippen LogP contribution in [0.15, 0.2) is 12.3 Å². The second kappa shape index (κ2) is 5.72. The molecule has 0 radical (unpaired) electrons. The topological polar surface area (TPSA) is 49.9 Å². The number of nitrogens with one attached hydrogen (secondary N) is 2. The fraction of sp³-hybridized carbons (Fsp3) is 0.667. The first-order valence-electron chi connectivity index (χ1n) is 4.59. The third-order valence-electron chi connectivity index (χ3n) is 1.60. The Balaban J connectivity index is 1.96. The highest BCUT2D eigenvalue weighted by atomic mass is 16.5. The Hall–Kier alpha value is -0.870. The maximum absolute atomic E-state index is 5.37. The molecule has 1 rings (SSSR count). The van der Waals surface area contributed by atoms with Crippen molar-refractivity contribution in [3.63, 3.8) is 0 Å². The Morgan fingerprint density at radius 1 is 1.62 bits per heavy atom. The molecule has 1 heterocycles. The van der Waals surface area contributed by atoms with E-state index in [1.807, 2.05) is 19.9 Å². The van der Waals surface area contributed by atoms with Crippen LogP contribution < -0.4 is 5.32 Å². The lowest BCUT2D eigenvalue weighted by molar-refractivity contribution is 0.0806. The first kappa shape index (κ1) is 10.2. The van der Waals surface area contributed by atoms with Crippen LogP contribution in [0.4, 0.5) is 0 Å². The summed E-state index contributed by atoms with van der Waals surface area (Å²) in [4.78, 5) is 0. The summed E-state index contributed by atoms with van der Waals surface area (Å²) in [5.74, 6) is 0. The zero-order valence-electron chi connectivity index (χ0n) is 8.21. The highest BCUT2D eigenvalue weighted by Gasteiger charge is 1.94. The van der Waals surface area contributed by atoms with Gasteiger partial charge in [0.25, 0.3) is 0 Å². The smallest absolute Gasteiger partial charge is 0.0594 e. The lowest BCUT2D eigenvalue weighted by atomic mass is 10.4. The highest BCUT2D eigenvalue weighted by molar-refractivity contribution is 4.96. The van der Waals surface area contributed by atoms with Crippen LogP contribution in [0.5, 0.6) is 0 Å². The summed E-state index contributed by atoms with van der Waals surface area (Å²) < 4.78 is 5.37. The second-order valence-electron chi connectivity index (χ2n) is 3.18. The predicted octanol–water partition coefficient (Wildman–Crippen LogP) is 0.924. The molecule has 0 fully saturated rings. The lowest BCUT2D eigenvalue weighted by Gasteiger charge is -2.07. The maximum Gasteiger partial charge on any atom is 0.0594 e. The van der Waals surface area contributed by atoms with Crippen molar-refractivity contribution < 1.29 is 4.74 Å². The second-order valence-corrected chi connectivity index (χ2v) is 3.18. The maximum atomic E-state index is 5.37. The van der Waals surface area contributed by atoms with Gasteiger partial charge < -0.3 is 10.1 Å². The van der Waals surface area contributed by atoms with Gasteiger partial charge in [-0.3, -0.25) is 5.10 Å². The molecule has 0 spiro atoms. The van der Waals surface area contributed by atoms with Crippen molar-refractivity contribution in [1.82, 2.24) is 15.5 Å². The zero-order valence-corrected chi connectivity index (χ0v) is 8.21. The lowest BCUT2D eigenvalue weighted by Crippen LogP contribution is -2.21. The molecule has 0 saturated heterocycles. The summed E-state index contributed by atoms with van der Waals surface area (Å²) in [5.41, 5.74) is 1.10. The van der Waals surface area contributed by atoms with E-state index in [4.69, 9.17) is 4.74 Å². The van der Waals surface area contributed by atoms with Crippen LogP contribution in [0.3, 0.4) is 0 Å². The minimum absolute atomic E-state index is 0.314. The molecule has 2 N–H and O–H groups in total. The molecule has 0 amide bonds. The summed E-state index contributed by atoms with van der Waals surface area (Å²) in [6.07, 6.45) is 2.07. The zero-order chi connectivity index (χ0) is 9.52. The van der Waals surface area contributed by atoms with Crippen LogP contribution in [0.1, 0.15) is 19.5 Å². The molecule has 0 aliphatic heterocycles. The molecule has 0 saturated carbocycles. The van der Waals surface area contributed by atoms with E-state index in [0.29, 0.717) is 6.10 Å². The van der Waals surface area contributed by atoms with E-state index in [-0.39, 0.29) is 0 Å². The fourth-order valence-corrected chi connectivity index (χ4v) is 0.973. The van der Waals surface area contributed by atoms with Gasteiger partial charge in [0.2, 0.25) is 0 Å². The van der Waals surface area contributed by atoms with Crippen molar-refractivity contribution in [1.29, 1.82) is 0 Å². The number of rotatable bonds is 6. The van der Waals surface area contributed by atoms with E-state index in [1.54, 1.807) is 6.20 Å². The number of nitrogens with zero attached hydrogens (tertiary/aromatic N) is 1. The number of hydrogen-bond acceptors (Lipinski definition) is 3. The van der Waals surface area contributed by atoms with Gasteiger partial charge in [-0.25, -0.2) is 0 Å². The molecular formula is C9H17N3O. The number of hydrogen-bond donors (Lipinski definition) is 2. The number of aromatic nitrogens is 2. The van der Waals surface area contributed by atoms with E-state index in [0.717, 1.165) is 25.4 Å². The quantitative estimate of drug-likeness (QED) is 0.645. The van der Waals surface area contributed by atoms with Crippen LogP contribution in [-0.2, 0) is 11.3 Å². The first-order chi connectivity index (χ1) is 6.29. The average Bonchev–Trinajstić information content (AvgIpc) is 2.55. The fourth-order valence-electron chi connectivity index (χ4n) is 0.973. The van der Waals surface area contributed by atoms with Crippen molar-refractivity contribution in [2.75, 3.05) is 13.2 Å². The molecule has 1 aromatic rings. The van der Waals surface area contributed by atoms with E-state index in [2.05, 4.69) is 15.5 Å². The van der Waals surface area contributed by atoms with Crippen LogP contribution >= 0.6 is 0 Å². The van der Waals surface area contributed by atoms with Gasteiger partial charge in [-0.15, -0.1) is 0 Å². The van der Waals surface area contributed by atoms with Gasteiger partial charge in [-0.2, -0.15) is 5.10 Å². The summed E-state index contributed by atoms with van der Waals surface area (Å²) >= 11 is 0. The predicted molar refractivity (Wildman–Crippen MR) is 51.4 cm³/mol. The Labute approximate surface area is 78.7 Å². The molecule has 0 bridgehead atoms. The molecule has 1 aromatic heterocycles. The molecule has 0 aliphatic carbocycles. The van der Waals surface area contributed by atoms with Gasteiger partial charge in [0.05, 0.1) is 12.7 Å². The van der Waals surface area contributed by atoms with Gasteiger partial charge in [0.15, 0.2) is 0 Å². The van der Waals surface area contributed by atoms with E-state index in [1.165, 1.54) is 0 Å². The van der Waals surface area contributed by atoms with Gasteiger partial charge >= 0.3 is 0 Å². The minimum atomic E-state index is 0.314. The van der Waals surface area contributed by atoms with Gasteiger partial charge in [-0.05, 0) is 19.9 Å². The van der Waals surface area contributed by atoms with Crippen LogP contribution in [-0.4, -0.2) is 29.5 Å². The Morgan fingerprint density at radius 3 is 3.08 bits per heavy atom. The van der Waals surface area contributed by atoms with E-state index < -0.39 is 0 Å². The molecule has 4 heteroatoms. The molecule has 4 nitrogen and oxygen atoms in total. The van der Waals surface area contributed by atoms with Gasteiger partial charge in [0, 0.05) is 25.0 Å². The molecule has 0 aromatic carbocycles. The van der Waals surface area contributed by atoms with Crippen LogP contribution in [0.2, 0.25) is 0 Å². The Bertz CT molecular complexity index is 209. The molecule has 74 valence electrons. The van der Waals surface area contributed by atoms with E-state index in [9.17, 15) is 0 Å². The highest BCUT2D eigenvalue weighted by Crippen LogP contribution is 1.90. The molecule has 0 aliphatic rings. The van der Waals surface area contributed by atoms with Gasteiger partial charge in [0.1, 0.15) is 0 Å². The number of ether oxygens (including phenoxy) is 1. The first-order valence-corrected chi connectivity index (χ1v) is 4.59. The Kier molecular flexibility index (Phi) is 4.49. The third-order valence-corrected chi connectivity index (χ3v) is 1.60. The van der Waals surface area contributed by atoms with Gasteiger partial charge in [-0.1, -0.05) is 0 Å². The molecule has 0 atom stereocenters.